The van der Waals surface area contributed by atoms with Gasteiger partial charge >= 0.3 is 12.1 Å². The van der Waals surface area contributed by atoms with Crippen LogP contribution in [-0.4, -0.2) is 33.8 Å². The number of carboxylic acids is 1. The van der Waals surface area contributed by atoms with Crippen molar-refractivity contribution in [1.29, 1.82) is 0 Å². The Kier molecular flexibility index (Phi) is 5.56. The van der Waals surface area contributed by atoms with E-state index in [9.17, 15) is 14.7 Å². The fourth-order valence-electron chi connectivity index (χ4n) is 1.97. The summed E-state index contributed by atoms with van der Waals surface area (Å²) in [6.45, 7) is 5.15. The molecule has 0 saturated carbocycles. The number of alkyl carbamates (subject to hydrolysis) is 1. The van der Waals surface area contributed by atoms with Gasteiger partial charge < -0.3 is 15.2 Å². The van der Waals surface area contributed by atoms with E-state index in [-0.39, 0.29) is 6.42 Å². The Hall–Kier alpha value is -2.41. The van der Waals surface area contributed by atoms with E-state index in [4.69, 9.17) is 4.74 Å². The summed E-state index contributed by atoms with van der Waals surface area (Å²) in [5, 5.41) is 14.3. The van der Waals surface area contributed by atoms with Crippen molar-refractivity contribution >= 4 is 23.4 Å². The van der Waals surface area contributed by atoms with Crippen molar-refractivity contribution in [2.45, 2.75) is 38.8 Å². The van der Waals surface area contributed by atoms with Crippen LogP contribution in [0, 0.1) is 0 Å². The normalized spacial score (nSPS) is 12.5. The molecule has 0 bridgehead atoms. The van der Waals surface area contributed by atoms with Gasteiger partial charge in [-0.25, -0.2) is 14.6 Å². The summed E-state index contributed by atoms with van der Waals surface area (Å²) in [6, 6.07) is 8.54. The maximum Gasteiger partial charge on any atom is 0.408 e. The number of aromatic nitrogens is 1. The maximum absolute atomic E-state index is 11.8. The number of carbonyl (C=O) groups is 2. The summed E-state index contributed by atoms with van der Waals surface area (Å²) in [7, 11) is 0. The second-order valence-corrected chi connectivity index (χ2v) is 7.11. The van der Waals surface area contributed by atoms with Crippen molar-refractivity contribution in [2.24, 2.45) is 0 Å². The van der Waals surface area contributed by atoms with Gasteiger partial charge in [-0.05, 0) is 20.8 Å². The average Bonchev–Trinajstić information content (AvgIpc) is 2.94. The zero-order valence-corrected chi connectivity index (χ0v) is 14.6. The SMILES string of the molecule is CC(C)(C)OC(=O)NC(Cc1csc(-c2ccccc2)n1)C(=O)O. The zero-order valence-electron chi connectivity index (χ0n) is 13.8. The number of carbonyl (C=O) groups excluding carboxylic acids is 1. The minimum absolute atomic E-state index is 0.0951. The third-order valence-corrected chi connectivity index (χ3v) is 3.91. The number of thiazole rings is 1. The first-order valence-corrected chi connectivity index (χ1v) is 8.35. The van der Waals surface area contributed by atoms with Crippen LogP contribution in [-0.2, 0) is 16.0 Å². The number of rotatable bonds is 5. The molecule has 7 heteroatoms. The third kappa shape index (κ3) is 5.34. The summed E-state index contributed by atoms with van der Waals surface area (Å²) in [5.74, 6) is -1.13. The Morgan fingerprint density at radius 2 is 1.96 bits per heavy atom. The molecular formula is C17H20N2O4S. The third-order valence-electron chi connectivity index (χ3n) is 2.97. The lowest BCUT2D eigenvalue weighted by atomic mass is 10.1. The van der Waals surface area contributed by atoms with Crippen LogP contribution in [0.2, 0.25) is 0 Å². The molecule has 0 aliphatic rings. The lowest BCUT2D eigenvalue weighted by Crippen LogP contribution is -2.44. The van der Waals surface area contributed by atoms with Crippen LogP contribution in [0.15, 0.2) is 35.7 Å². The molecule has 1 amide bonds. The summed E-state index contributed by atoms with van der Waals surface area (Å²) < 4.78 is 5.10. The number of amides is 1. The van der Waals surface area contributed by atoms with E-state index in [0.717, 1.165) is 10.6 Å². The van der Waals surface area contributed by atoms with E-state index in [0.29, 0.717) is 5.69 Å². The minimum Gasteiger partial charge on any atom is -0.480 e. The van der Waals surface area contributed by atoms with E-state index in [2.05, 4.69) is 10.3 Å². The van der Waals surface area contributed by atoms with Crippen molar-refractivity contribution in [2.75, 3.05) is 0 Å². The monoisotopic (exact) mass is 348 g/mol. The van der Waals surface area contributed by atoms with Crippen LogP contribution < -0.4 is 5.32 Å². The van der Waals surface area contributed by atoms with Crippen molar-refractivity contribution in [3.05, 3.63) is 41.4 Å². The second-order valence-electron chi connectivity index (χ2n) is 6.25. The standard InChI is InChI=1S/C17H20N2O4S/c1-17(2,3)23-16(22)19-13(15(20)21)9-12-10-24-14(18-12)11-7-5-4-6-8-11/h4-8,10,13H,9H2,1-3H3,(H,19,22)(H,20,21). The first kappa shape index (κ1) is 17.9. The van der Waals surface area contributed by atoms with Crippen molar-refractivity contribution in [3.8, 4) is 10.6 Å². The molecule has 0 spiro atoms. The zero-order chi connectivity index (χ0) is 17.7. The molecule has 1 unspecified atom stereocenters. The van der Waals surface area contributed by atoms with Gasteiger partial charge in [-0.2, -0.15) is 0 Å². The smallest absolute Gasteiger partial charge is 0.408 e. The molecule has 6 nitrogen and oxygen atoms in total. The molecule has 2 N–H and O–H groups in total. The molecule has 0 aliphatic heterocycles. The number of nitrogens with one attached hydrogen (secondary N) is 1. The fourth-order valence-corrected chi connectivity index (χ4v) is 2.81. The van der Waals surface area contributed by atoms with E-state index >= 15 is 0 Å². The lowest BCUT2D eigenvalue weighted by Gasteiger charge is -2.21. The maximum atomic E-state index is 11.8. The van der Waals surface area contributed by atoms with Crippen LogP contribution >= 0.6 is 11.3 Å². The largest absolute Gasteiger partial charge is 0.480 e. The van der Waals surface area contributed by atoms with Crippen LogP contribution in [0.4, 0.5) is 4.79 Å². The molecule has 1 aromatic carbocycles. The highest BCUT2D eigenvalue weighted by Gasteiger charge is 2.25. The molecular weight excluding hydrogens is 328 g/mol. The summed E-state index contributed by atoms with van der Waals surface area (Å²) in [4.78, 5) is 27.6. The van der Waals surface area contributed by atoms with Gasteiger partial charge in [-0.15, -0.1) is 11.3 Å². The number of nitrogens with zero attached hydrogens (tertiary/aromatic N) is 1. The van der Waals surface area contributed by atoms with Crippen molar-refractivity contribution in [1.82, 2.24) is 10.3 Å². The van der Waals surface area contributed by atoms with Gasteiger partial charge in [-0.3, -0.25) is 0 Å². The van der Waals surface area contributed by atoms with E-state index in [1.807, 2.05) is 30.3 Å². The number of benzene rings is 1. The van der Waals surface area contributed by atoms with E-state index < -0.39 is 23.7 Å². The lowest BCUT2D eigenvalue weighted by molar-refractivity contribution is -0.139. The Morgan fingerprint density at radius 3 is 2.54 bits per heavy atom. The Bertz CT molecular complexity index is 707. The van der Waals surface area contributed by atoms with E-state index in [1.54, 1.807) is 26.2 Å². The molecule has 1 heterocycles. The predicted octanol–water partition coefficient (Wildman–Crippen LogP) is 3.33. The highest BCUT2D eigenvalue weighted by molar-refractivity contribution is 7.13. The molecule has 24 heavy (non-hydrogen) atoms. The highest BCUT2D eigenvalue weighted by Crippen LogP contribution is 2.23. The summed E-state index contributed by atoms with van der Waals surface area (Å²) in [6.07, 6.45) is -0.661. The molecule has 2 aromatic rings. The molecule has 0 fully saturated rings. The summed E-state index contributed by atoms with van der Waals surface area (Å²) in [5.41, 5.74) is 0.900. The van der Waals surface area contributed by atoms with Crippen LogP contribution in [0.25, 0.3) is 10.6 Å². The van der Waals surface area contributed by atoms with Gasteiger partial charge in [0, 0.05) is 17.4 Å². The number of hydrogen-bond donors (Lipinski definition) is 2. The van der Waals surface area contributed by atoms with Crippen molar-refractivity contribution in [3.63, 3.8) is 0 Å². The number of hydrogen-bond acceptors (Lipinski definition) is 5. The van der Waals surface area contributed by atoms with Gasteiger partial charge in [0.05, 0.1) is 5.69 Å². The fraction of sp³-hybridized carbons (Fsp3) is 0.353. The Labute approximate surface area is 144 Å². The van der Waals surface area contributed by atoms with Crippen LogP contribution in [0.5, 0.6) is 0 Å². The molecule has 128 valence electrons. The number of carboxylic acid groups (broad SMARTS) is 1. The van der Waals surface area contributed by atoms with Gasteiger partial charge in [-0.1, -0.05) is 30.3 Å². The highest BCUT2D eigenvalue weighted by atomic mass is 32.1. The Morgan fingerprint density at radius 1 is 1.29 bits per heavy atom. The van der Waals surface area contributed by atoms with Crippen LogP contribution in [0.1, 0.15) is 26.5 Å². The predicted molar refractivity (Wildman–Crippen MR) is 92.0 cm³/mol. The minimum atomic E-state index is -1.13. The van der Waals surface area contributed by atoms with Crippen molar-refractivity contribution < 1.29 is 19.4 Å². The van der Waals surface area contributed by atoms with Gasteiger partial charge in [0.1, 0.15) is 16.7 Å². The molecule has 0 aliphatic carbocycles. The first-order chi connectivity index (χ1) is 11.2. The molecule has 0 radical (unpaired) electrons. The molecule has 1 aromatic heterocycles. The van der Waals surface area contributed by atoms with Gasteiger partial charge in [0.25, 0.3) is 0 Å². The topological polar surface area (TPSA) is 88.5 Å². The number of ether oxygens (including phenoxy) is 1. The molecule has 2 rings (SSSR count). The summed E-state index contributed by atoms with van der Waals surface area (Å²) >= 11 is 1.44. The quantitative estimate of drug-likeness (QED) is 0.865. The second kappa shape index (κ2) is 7.44. The van der Waals surface area contributed by atoms with Gasteiger partial charge in [0.15, 0.2) is 0 Å². The Balaban J connectivity index is 2.05. The molecule has 1 atom stereocenters. The van der Waals surface area contributed by atoms with Crippen LogP contribution in [0.3, 0.4) is 0 Å². The van der Waals surface area contributed by atoms with Gasteiger partial charge in [0.2, 0.25) is 0 Å². The average molecular weight is 348 g/mol. The van der Waals surface area contributed by atoms with E-state index in [1.165, 1.54) is 11.3 Å². The molecule has 0 saturated heterocycles. The number of aliphatic carboxylic acids is 1. The first-order valence-electron chi connectivity index (χ1n) is 7.47.